The largest absolute Gasteiger partial charge is 0.326 e. The summed E-state index contributed by atoms with van der Waals surface area (Å²) in [6, 6.07) is 6.14. The monoisotopic (exact) mass is 263 g/mol. The van der Waals surface area contributed by atoms with Gasteiger partial charge in [-0.15, -0.1) is 11.6 Å². The van der Waals surface area contributed by atoms with Crippen LogP contribution < -0.4 is 5.32 Å². The van der Waals surface area contributed by atoms with E-state index in [-0.39, 0.29) is 11.3 Å². The zero-order valence-electron chi connectivity index (χ0n) is 10.4. The lowest BCUT2D eigenvalue weighted by Crippen LogP contribution is -2.03. The van der Waals surface area contributed by atoms with Crippen LogP contribution in [0.3, 0.4) is 0 Å². The highest BCUT2D eigenvalue weighted by Crippen LogP contribution is 2.37. The fourth-order valence-corrected chi connectivity index (χ4v) is 3.51. The third-order valence-corrected chi connectivity index (χ3v) is 4.56. The molecule has 1 aliphatic heterocycles. The van der Waals surface area contributed by atoms with Crippen molar-refractivity contribution >= 4 is 23.2 Å². The van der Waals surface area contributed by atoms with Gasteiger partial charge >= 0.3 is 0 Å². The number of halogens is 1. The Kier molecular flexibility index (Phi) is 3.29. The molecule has 0 spiro atoms. The van der Waals surface area contributed by atoms with Crippen LogP contribution in [-0.2, 0) is 11.2 Å². The molecule has 0 radical (unpaired) electrons. The summed E-state index contributed by atoms with van der Waals surface area (Å²) < 4.78 is 0. The molecule has 1 N–H and O–H groups in total. The van der Waals surface area contributed by atoms with Crippen LogP contribution in [0.4, 0.5) is 5.69 Å². The van der Waals surface area contributed by atoms with E-state index < -0.39 is 0 Å². The van der Waals surface area contributed by atoms with Crippen LogP contribution in [0.25, 0.3) is 0 Å². The highest BCUT2D eigenvalue weighted by Gasteiger charge is 2.22. The molecule has 1 heterocycles. The van der Waals surface area contributed by atoms with Gasteiger partial charge in [-0.05, 0) is 29.5 Å². The number of anilines is 1. The van der Waals surface area contributed by atoms with E-state index >= 15 is 0 Å². The van der Waals surface area contributed by atoms with Gasteiger partial charge in [0.25, 0.3) is 0 Å². The summed E-state index contributed by atoms with van der Waals surface area (Å²) >= 11 is 6.52. The van der Waals surface area contributed by atoms with Crippen molar-refractivity contribution in [3.8, 4) is 0 Å². The van der Waals surface area contributed by atoms with Crippen LogP contribution in [0.15, 0.2) is 18.2 Å². The van der Waals surface area contributed by atoms with E-state index in [4.69, 9.17) is 11.6 Å². The fraction of sp³-hybridized carbons (Fsp3) is 0.533. The number of hydrogen-bond donors (Lipinski definition) is 1. The van der Waals surface area contributed by atoms with Crippen molar-refractivity contribution in [2.45, 2.75) is 43.9 Å². The number of alkyl halides is 1. The molecule has 1 aromatic carbocycles. The first-order valence-corrected chi connectivity index (χ1v) is 7.23. The minimum Gasteiger partial charge on any atom is -0.326 e. The quantitative estimate of drug-likeness (QED) is 0.820. The summed E-state index contributed by atoms with van der Waals surface area (Å²) in [6.07, 6.45) is 6.94. The summed E-state index contributed by atoms with van der Waals surface area (Å²) in [5, 5.41) is 2.95. The van der Waals surface area contributed by atoms with Gasteiger partial charge in [-0.2, -0.15) is 0 Å². The molecule has 1 aromatic rings. The van der Waals surface area contributed by atoms with Crippen LogP contribution in [0.2, 0.25) is 0 Å². The first kappa shape index (κ1) is 12.0. The van der Waals surface area contributed by atoms with Crippen LogP contribution in [0.1, 0.15) is 48.6 Å². The molecule has 18 heavy (non-hydrogen) atoms. The van der Waals surface area contributed by atoms with Gasteiger partial charge in [0.15, 0.2) is 0 Å². The Bertz CT molecular complexity index is 466. The van der Waals surface area contributed by atoms with Gasteiger partial charge in [0, 0.05) is 5.69 Å². The lowest BCUT2D eigenvalue weighted by Gasteiger charge is -2.15. The van der Waals surface area contributed by atoms with Crippen molar-refractivity contribution in [3.63, 3.8) is 0 Å². The molecule has 2 nitrogen and oxygen atoms in total. The molecular weight excluding hydrogens is 246 g/mol. The summed E-state index contributed by atoms with van der Waals surface area (Å²) in [6.45, 7) is 0. The number of nitrogens with one attached hydrogen (secondary N) is 1. The highest BCUT2D eigenvalue weighted by molar-refractivity contribution is 6.20. The van der Waals surface area contributed by atoms with Crippen molar-refractivity contribution < 1.29 is 4.79 Å². The van der Waals surface area contributed by atoms with Gasteiger partial charge in [0.05, 0.1) is 11.8 Å². The molecule has 1 unspecified atom stereocenters. The number of fused-ring (bicyclic) bond motifs is 1. The highest BCUT2D eigenvalue weighted by atomic mass is 35.5. The molecule has 96 valence electrons. The molecule has 1 saturated carbocycles. The zero-order chi connectivity index (χ0) is 12.5. The molecule has 0 saturated heterocycles. The van der Waals surface area contributed by atoms with E-state index in [0.29, 0.717) is 6.42 Å². The fourth-order valence-electron chi connectivity index (χ4n) is 3.12. The normalized spacial score (nSPS) is 20.8. The van der Waals surface area contributed by atoms with Gasteiger partial charge in [0.1, 0.15) is 0 Å². The Morgan fingerprint density at radius 1 is 1.33 bits per heavy atom. The van der Waals surface area contributed by atoms with Crippen LogP contribution in [0, 0.1) is 5.92 Å². The molecule has 0 aromatic heterocycles. The third kappa shape index (κ3) is 2.39. The SMILES string of the molecule is O=C1Cc2cc(C(Cl)CC3CCCC3)ccc2N1. The summed E-state index contributed by atoms with van der Waals surface area (Å²) in [5.74, 6) is 0.879. The van der Waals surface area contributed by atoms with E-state index in [0.717, 1.165) is 23.6 Å². The molecule has 3 heteroatoms. The number of amides is 1. The zero-order valence-corrected chi connectivity index (χ0v) is 11.2. The molecule has 1 atom stereocenters. The first-order valence-electron chi connectivity index (χ1n) is 6.79. The maximum Gasteiger partial charge on any atom is 0.228 e. The molecule has 1 amide bonds. The topological polar surface area (TPSA) is 29.1 Å². The second kappa shape index (κ2) is 4.93. The minimum atomic E-state index is 0.0871. The molecule has 1 aliphatic carbocycles. The maximum atomic E-state index is 11.3. The number of carbonyl (C=O) groups is 1. The Balaban J connectivity index is 1.72. The second-order valence-electron chi connectivity index (χ2n) is 5.50. The van der Waals surface area contributed by atoms with Crippen molar-refractivity contribution in [3.05, 3.63) is 29.3 Å². The number of rotatable bonds is 3. The van der Waals surface area contributed by atoms with Crippen molar-refractivity contribution in [1.82, 2.24) is 0 Å². The molecular formula is C15H18ClNO. The van der Waals surface area contributed by atoms with Crippen LogP contribution in [0.5, 0.6) is 0 Å². The Hall–Kier alpha value is -1.02. The molecule has 2 aliphatic rings. The minimum absolute atomic E-state index is 0.0871. The van der Waals surface area contributed by atoms with Gasteiger partial charge in [-0.25, -0.2) is 0 Å². The number of benzene rings is 1. The second-order valence-corrected chi connectivity index (χ2v) is 6.02. The van der Waals surface area contributed by atoms with Gasteiger partial charge in [-0.1, -0.05) is 37.8 Å². The van der Waals surface area contributed by atoms with Gasteiger partial charge in [0.2, 0.25) is 5.91 Å². The average molecular weight is 264 g/mol. The van der Waals surface area contributed by atoms with Crippen molar-refractivity contribution in [1.29, 1.82) is 0 Å². The van der Waals surface area contributed by atoms with Crippen LogP contribution in [-0.4, -0.2) is 5.91 Å². The summed E-state index contributed by atoms with van der Waals surface area (Å²) in [5.41, 5.74) is 3.21. The smallest absolute Gasteiger partial charge is 0.228 e. The Morgan fingerprint density at radius 3 is 2.89 bits per heavy atom. The van der Waals surface area contributed by atoms with Crippen molar-refractivity contribution in [2.75, 3.05) is 5.32 Å². The third-order valence-electron chi connectivity index (χ3n) is 4.13. The number of hydrogen-bond acceptors (Lipinski definition) is 1. The number of carbonyl (C=O) groups excluding carboxylic acids is 1. The van der Waals surface area contributed by atoms with E-state index in [2.05, 4.69) is 17.4 Å². The predicted octanol–water partition coefficient (Wildman–Crippen LogP) is 4.04. The maximum absolute atomic E-state index is 11.3. The Morgan fingerprint density at radius 2 is 2.11 bits per heavy atom. The lowest BCUT2D eigenvalue weighted by atomic mass is 9.96. The average Bonchev–Trinajstić information content (AvgIpc) is 2.95. The Labute approximate surface area is 113 Å². The van der Waals surface area contributed by atoms with Gasteiger partial charge in [-0.3, -0.25) is 4.79 Å². The van der Waals surface area contributed by atoms with Crippen LogP contribution >= 0.6 is 11.6 Å². The van der Waals surface area contributed by atoms with E-state index in [1.807, 2.05) is 6.07 Å². The molecule has 1 fully saturated rings. The molecule has 3 rings (SSSR count). The predicted molar refractivity (Wildman–Crippen MR) is 73.9 cm³/mol. The molecule has 0 bridgehead atoms. The van der Waals surface area contributed by atoms with E-state index in [1.54, 1.807) is 0 Å². The summed E-state index contributed by atoms with van der Waals surface area (Å²) in [4.78, 5) is 11.3. The van der Waals surface area contributed by atoms with Gasteiger partial charge < -0.3 is 5.32 Å². The van der Waals surface area contributed by atoms with E-state index in [9.17, 15) is 4.79 Å². The lowest BCUT2D eigenvalue weighted by molar-refractivity contribution is -0.115. The van der Waals surface area contributed by atoms with E-state index in [1.165, 1.54) is 31.2 Å². The summed E-state index contributed by atoms with van der Waals surface area (Å²) in [7, 11) is 0. The standard InChI is InChI=1S/C15H18ClNO/c16-13(7-10-3-1-2-4-10)11-5-6-14-12(8-11)9-15(18)17-14/h5-6,8,10,13H,1-4,7,9H2,(H,17,18). The first-order chi connectivity index (χ1) is 8.72. The van der Waals surface area contributed by atoms with Crippen molar-refractivity contribution in [2.24, 2.45) is 5.92 Å².